The molecular formula is C112H78N2. The van der Waals surface area contributed by atoms with Crippen LogP contribution in [0, 0.1) is 0 Å². The summed E-state index contributed by atoms with van der Waals surface area (Å²) in [6, 6.07) is 145. The average Bonchev–Trinajstić information content (AvgIpc) is 1.54. The molecule has 4 aliphatic rings. The Morgan fingerprint density at radius 1 is 0.219 bits per heavy atom. The van der Waals surface area contributed by atoms with Crippen LogP contribution in [0.1, 0.15) is 95.2 Å². The van der Waals surface area contributed by atoms with Crippen LogP contribution in [0.3, 0.4) is 0 Å². The summed E-state index contributed by atoms with van der Waals surface area (Å²) < 4.78 is 4.92. The Labute approximate surface area is 664 Å². The van der Waals surface area contributed by atoms with Crippen molar-refractivity contribution in [2.75, 3.05) is 0 Å². The van der Waals surface area contributed by atoms with Crippen LogP contribution in [0.2, 0.25) is 0 Å². The Morgan fingerprint density at radius 3 is 1.45 bits per heavy atom. The van der Waals surface area contributed by atoms with Gasteiger partial charge >= 0.3 is 0 Å². The maximum absolute atomic E-state index is 2.50. The Kier molecular flexibility index (Phi) is 14.6. The van der Waals surface area contributed by atoms with Gasteiger partial charge in [-0.15, -0.1) is 0 Å². The lowest BCUT2D eigenvalue weighted by Gasteiger charge is -2.25. The lowest BCUT2D eigenvalue weighted by molar-refractivity contribution is 0.661. The molecule has 4 aliphatic carbocycles. The first-order valence-corrected chi connectivity index (χ1v) is 40.3. The fourth-order valence-electron chi connectivity index (χ4n) is 20.8. The fraction of sp³-hybridized carbons (Fsp3) is 0.0714. The highest BCUT2D eigenvalue weighted by Gasteiger charge is 2.43. The first-order valence-electron chi connectivity index (χ1n) is 40.3. The lowest BCUT2D eigenvalue weighted by Crippen LogP contribution is -2.16. The van der Waals surface area contributed by atoms with E-state index < -0.39 is 0 Å². The van der Waals surface area contributed by atoms with Crippen molar-refractivity contribution >= 4 is 65.2 Å². The summed E-state index contributed by atoms with van der Waals surface area (Å²) in [6.45, 7) is 9.60. The highest BCUT2D eigenvalue weighted by atomic mass is 15.0. The van der Waals surface area contributed by atoms with E-state index in [2.05, 4.69) is 425 Å². The van der Waals surface area contributed by atoms with Crippen LogP contribution in [0.15, 0.2) is 388 Å². The van der Waals surface area contributed by atoms with E-state index in [1.807, 2.05) is 0 Å². The minimum Gasteiger partial charge on any atom is -0.309 e. The van der Waals surface area contributed by atoms with E-state index in [-0.39, 0.29) is 22.7 Å². The second kappa shape index (κ2) is 25.3. The van der Waals surface area contributed by atoms with Gasteiger partial charge in [0.2, 0.25) is 0 Å². The molecule has 0 saturated carbocycles. The van der Waals surface area contributed by atoms with Crippen LogP contribution >= 0.6 is 0 Å². The second-order valence-corrected chi connectivity index (χ2v) is 32.9. The molecule has 2 aromatic heterocycles. The number of aromatic nitrogens is 2. The van der Waals surface area contributed by atoms with E-state index >= 15 is 0 Å². The molecule has 18 aromatic carbocycles. The van der Waals surface area contributed by atoms with Crippen molar-refractivity contribution in [2.45, 2.75) is 50.4 Å². The Hall–Kier alpha value is -13.9. The zero-order chi connectivity index (χ0) is 75.7. The van der Waals surface area contributed by atoms with Crippen molar-refractivity contribution in [3.8, 4) is 100 Å². The number of hydrogen-bond acceptors (Lipinski definition) is 0. The van der Waals surface area contributed by atoms with Gasteiger partial charge in [-0.1, -0.05) is 343 Å². The summed E-state index contributed by atoms with van der Waals surface area (Å²) in [6.07, 6.45) is 0. The molecule has 2 unspecified atom stereocenters. The average molecular weight is 1450 g/mol. The number of hydrogen-bond donors (Lipinski definition) is 0. The van der Waals surface area contributed by atoms with E-state index in [4.69, 9.17) is 0 Å². The van der Waals surface area contributed by atoms with Gasteiger partial charge < -0.3 is 9.13 Å². The summed E-state index contributed by atoms with van der Waals surface area (Å²) in [5.74, 6) is 0.341. The zero-order valence-electron chi connectivity index (χ0n) is 64.0. The number of benzene rings is 18. The van der Waals surface area contributed by atoms with Crippen molar-refractivity contribution < 1.29 is 0 Å². The predicted molar refractivity (Wildman–Crippen MR) is 479 cm³/mol. The normalized spacial score (nSPS) is 14.8. The molecule has 0 amide bonds. The van der Waals surface area contributed by atoms with E-state index in [9.17, 15) is 0 Å². The minimum absolute atomic E-state index is 0.0890. The van der Waals surface area contributed by atoms with Gasteiger partial charge in [0.25, 0.3) is 0 Å². The van der Waals surface area contributed by atoms with Crippen molar-refractivity contribution in [3.63, 3.8) is 0 Å². The molecule has 24 rings (SSSR count). The van der Waals surface area contributed by atoms with Crippen molar-refractivity contribution in [3.05, 3.63) is 444 Å². The van der Waals surface area contributed by atoms with E-state index in [0.29, 0.717) is 0 Å². The molecule has 2 atom stereocenters. The molecule has 2 heterocycles. The van der Waals surface area contributed by atoms with Gasteiger partial charge in [-0.05, 0) is 239 Å². The van der Waals surface area contributed by atoms with Crippen LogP contribution in [0.4, 0.5) is 0 Å². The van der Waals surface area contributed by atoms with Gasteiger partial charge in [-0.25, -0.2) is 0 Å². The van der Waals surface area contributed by atoms with Crippen molar-refractivity contribution in [1.82, 2.24) is 9.13 Å². The van der Waals surface area contributed by atoms with Crippen LogP contribution in [-0.2, 0) is 10.8 Å². The summed E-state index contributed by atoms with van der Waals surface area (Å²) in [4.78, 5) is 0. The molecule has 0 saturated heterocycles. The summed E-state index contributed by atoms with van der Waals surface area (Å²) in [5.41, 5.74) is 41.7. The van der Waals surface area contributed by atoms with E-state index in [1.165, 1.54) is 221 Å². The molecule has 0 spiro atoms. The van der Waals surface area contributed by atoms with Crippen LogP contribution in [0.25, 0.3) is 166 Å². The third-order valence-electron chi connectivity index (χ3n) is 26.1. The number of nitrogens with zero attached hydrogens (tertiary/aromatic N) is 2. The minimum atomic E-state index is -0.130. The number of fused-ring (bicyclic) bond motifs is 22. The second-order valence-electron chi connectivity index (χ2n) is 32.9. The standard InChI is InChI=1S/2C56H39N/c1-56(2)50-21-10-8-19-43(50)46-28-29-47-53(41-18-12-17-37(31-41)35-13-4-3-5-14-35)45-27-24-39(34-49(45)54(47)55(46)56)40-25-30-52-48(33-40)44-20-9-11-22-51(44)57(52)42-26-23-36-15-6-7-16-38(36)32-42;1-56(2)49-22-11-10-21-46(49)54-50(56)28-30-52-55(54)48-34-40(26-29-51(48)57(52)42-18-12-17-38(32-42)35-13-4-3-5-14-35)39-25-27-45-47(33-39)43-19-8-9-20-44(43)53(45)41-24-23-36-15-6-7-16-37(36)31-41/h2*3-34,53H,1-2H3. The van der Waals surface area contributed by atoms with Crippen LogP contribution in [-0.4, -0.2) is 9.13 Å². The molecular weight excluding hydrogens is 1370 g/mol. The third kappa shape index (κ3) is 10.00. The number of rotatable bonds is 8. The largest absolute Gasteiger partial charge is 0.309 e. The molecule has 2 nitrogen and oxygen atoms in total. The molecule has 2 heteroatoms. The summed E-state index contributed by atoms with van der Waals surface area (Å²) >= 11 is 0. The van der Waals surface area contributed by atoms with Crippen molar-refractivity contribution in [2.24, 2.45) is 0 Å². The van der Waals surface area contributed by atoms with Crippen LogP contribution in [0.5, 0.6) is 0 Å². The van der Waals surface area contributed by atoms with Gasteiger partial charge in [0, 0.05) is 55.6 Å². The smallest absolute Gasteiger partial charge is 0.0547 e. The van der Waals surface area contributed by atoms with Gasteiger partial charge in [-0.2, -0.15) is 0 Å². The Bertz CT molecular complexity index is 7420. The highest BCUT2D eigenvalue weighted by molar-refractivity contribution is 6.19. The van der Waals surface area contributed by atoms with Gasteiger partial charge in [0.1, 0.15) is 0 Å². The maximum Gasteiger partial charge on any atom is 0.0547 e. The lowest BCUT2D eigenvalue weighted by atomic mass is 9.78. The van der Waals surface area contributed by atoms with Crippen LogP contribution < -0.4 is 0 Å². The third-order valence-corrected chi connectivity index (χ3v) is 26.1. The van der Waals surface area contributed by atoms with E-state index in [0.717, 1.165) is 0 Å². The van der Waals surface area contributed by atoms with Gasteiger partial charge in [0.15, 0.2) is 0 Å². The molecule has 20 aromatic rings. The first-order chi connectivity index (χ1) is 56.1. The first kappa shape index (κ1) is 65.9. The van der Waals surface area contributed by atoms with Gasteiger partial charge in [-0.3, -0.25) is 0 Å². The quantitative estimate of drug-likeness (QED) is 0.143. The summed E-state index contributed by atoms with van der Waals surface area (Å²) in [7, 11) is 0. The SMILES string of the molecule is CC1(C)c2ccccc2-c2c1ccc1c2c2cc(-c3ccc4c(c3)-c3ccccc3C4c3ccc4ccccc4c3)ccc2n1-c1cccc(-c2ccccc2)c1.CC1(C)c2ccccc2-c2ccc3c(c21)-c1cc(-c2ccc4c(c2)c2ccccc2n4-c2ccc4ccccc4c2)ccc1C3c1cccc(-c2ccccc2)c1. The topological polar surface area (TPSA) is 9.86 Å². The van der Waals surface area contributed by atoms with Crippen molar-refractivity contribution in [1.29, 1.82) is 0 Å². The predicted octanol–water partition coefficient (Wildman–Crippen LogP) is 29.5. The molecule has 536 valence electrons. The summed E-state index contributed by atoms with van der Waals surface area (Å²) in [5, 5.41) is 10.2. The number of para-hydroxylation sites is 1. The molecule has 114 heavy (non-hydrogen) atoms. The fourth-order valence-corrected chi connectivity index (χ4v) is 20.8. The van der Waals surface area contributed by atoms with E-state index in [1.54, 1.807) is 0 Å². The highest BCUT2D eigenvalue weighted by Crippen LogP contribution is 2.60. The molecule has 0 bridgehead atoms. The monoisotopic (exact) mass is 1450 g/mol. The molecule has 0 N–H and O–H groups in total. The molecule has 0 aliphatic heterocycles. The molecule has 0 fully saturated rings. The Balaban J connectivity index is 0.000000135. The Morgan fingerprint density at radius 2 is 0.702 bits per heavy atom. The maximum atomic E-state index is 2.50. The molecule has 0 radical (unpaired) electrons. The van der Waals surface area contributed by atoms with Gasteiger partial charge in [0.05, 0.1) is 22.1 Å². The zero-order valence-corrected chi connectivity index (χ0v) is 64.0.